The lowest BCUT2D eigenvalue weighted by molar-refractivity contribution is -0.183. The van der Waals surface area contributed by atoms with Crippen LogP contribution in [0.5, 0.6) is 6.01 Å². The van der Waals surface area contributed by atoms with Crippen LogP contribution in [0.1, 0.15) is 20.3 Å². The summed E-state index contributed by atoms with van der Waals surface area (Å²) in [5, 5.41) is 21.0. The summed E-state index contributed by atoms with van der Waals surface area (Å²) in [5.41, 5.74) is 3.77. The average Bonchev–Trinajstić information content (AvgIpc) is 3.19. The molecule has 7 nitrogen and oxygen atoms in total. The maximum absolute atomic E-state index is 10.4. The van der Waals surface area contributed by atoms with E-state index in [0.29, 0.717) is 28.3 Å². The number of hydrogen-bond acceptors (Lipinski definition) is 6. The molecule has 0 aliphatic carbocycles. The van der Waals surface area contributed by atoms with Crippen LogP contribution in [0.15, 0.2) is 60.7 Å². The summed E-state index contributed by atoms with van der Waals surface area (Å²) < 4.78 is 11.6. The Balaban J connectivity index is 1.34. The molecule has 8 heteroatoms. The van der Waals surface area contributed by atoms with Gasteiger partial charge in [-0.2, -0.15) is 4.98 Å². The number of nitrogens with one attached hydrogen (secondary N) is 1. The van der Waals surface area contributed by atoms with Gasteiger partial charge in [-0.25, -0.2) is 4.98 Å². The minimum atomic E-state index is -1.14. The second kappa shape index (κ2) is 9.00. The Hall–Kier alpha value is -2.97. The van der Waals surface area contributed by atoms with E-state index in [4.69, 9.17) is 21.1 Å². The smallest absolute Gasteiger partial charge is 0.296 e. The highest BCUT2D eigenvalue weighted by molar-refractivity contribution is 6.33. The van der Waals surface area contributed by atoms with Crippen molar-refractivity contribution in [3.63, 3.8) is 0 Å². The van der Waals surface area contributed by atoms with Gasteiger partial charge in [0.1, 0.15) is 12.2 Å². The summed E-state index contributed by atoms with van der Waals surface area (Å²) in [6, 6.07) is 20.3. The monoisotopic (exact) mass is 479 g/mol. The molecule has 0 amide bonds. The Bertz CT molecular complexity index is 1290. The van der Waals surface area contributed by atoms with Crippen molar-refractivity contribution in [2.75, 3.05) is 6.61 Å². The molecular weight excluding hydrogens is 454 g/mol. The number of benzene rings is 2. The maximum Gasteiger partial charge on any atom is 0.296 e. The fourth-order valence-electron chi connectivity index (χ4n) is 4.30. The van der Waals surface area contributed by atoms with E-state index >= 15 is 0 Å². The standard InChI is InChI=1S/C26H26ClN3O4/c1-26(2,32)23-21(31)12-18(14-33-23)34-25-28-20-13-19(27)22(29-24(20)30-25)17-10-8-16(9-11-17)15-6-4-3-5-7-15/h3-11,13,18,21,23,31-32H,12,14H2,1-2H3,(H,28,29,30)/t18-,21+,23?/m1/s1. The third-order valence-corrected chi connectivity index (χ3v) is 6.25. The summed E-state index contributed by atoms with van der Waals surface area (Å²) in [7, 11) is 0. The molecule has 34 heavy (non-hydrogen) atoms. The minimum absolute atomic E-state index is 0.232. The first-order valence-corrected chi connectivity index (χ1v) is 11.6. The Morgan fingerprint density at radius 2 is 1.71 bits per heavy atom. The van der Waals surface area contributed by atoms with Crippen LogP contribution in [-0.2, 0) is 4.74 Å². The van der Waals surface area contributed by atoms with Crippen molar-refractivity contribution in [3.05, 3.63) is 65.7 Å². The molecule has 1 saturated heterocycles. The van der Waals surface area contributed by atoms with Crippen LogP contribution in [0.3, 0.4) is 0 Å². The highest BCUT2D eigenvalue weighted by Gasteiger charge is 2.40. The Kier molecular flexibility index (Phi) is 6.04. The number of aliphatic hydroxyl groups is 2. The minimum Gasteiger partial charge on any atom is -0.459 e. The fourth-order valence-corrected chi connectivity index (χ4v) is 4.56. The Morgan fingerprint density at radius 1 is 1.03 bits per heavy atom. The first-order chi connectivity index (χ1) is 16.3. The number of H-pyrrole nitrogens is 1. The van der Waals surface area contributed by atoms with Crippen molar-refractivity contribution in [3.8, 4) is 28.4 Å². The van der Waals surface area contributed by atoms with Crippen LogP contribution < -0.4 is 4.74 Å². The zero-order valence-electron chi connectivity index (χ0n) is 18.9. The van der Waals surface area contributed by atoms with Crippen molar-refractivity contribution in [2.45, 2.75) is 44.2 Å². The maximum atomic E-state index is 10.4. The quantitative estimate of drug-likeness (QED) is 0.386. The van der Waals surface area contributed by atoms with Gasteiger partial charge >= 0.3 is 0 Å². The van der Waals surface area contributed by atoms with Gasteiger partial charge in [0.25, 0.3) is 6.01 Å². The number of halogens is 1. The van der Waals surface area contributed by atoms with Crippen molar-refractivity contribution in [1.29, 1.82) is 0 Å². The van der Waals surface area contributed by atoms with E-state index in [2.05, 4.69) is 27.1 Å². The highest BCUT2D eigenvalue weighted by Crippen LogP contribution is 2.32. The first kappa shape index (κ1) is 22.8. The number of aliphatic hydroxyl groups excluding tert-OH is 1. The molecule has 0 spiro atoms. The Morgan fingerprint density at radius 3 is 2.38 bits per heavy atom. The van der Waals surface area contributed by atoms with Crippen molar-refractivity contribution >= 4 is 22.8 Å². The van der Waals surface area contributed by atoms with Gasteiger partial charge in [-0.1, -0.05) is 66.2 Å². The molecule has 4 aromatic rings. The van der Waals surface area contributed by atoms with Crippen LogP contribution in [0.4, 0.5) is 0 Å². The van der Waals surface area contributed by atoms with Gasteiger partial charge in [-0.3, -0.25) is 0 Å². The molecule has 1 aliphatic heterocycles. The number of fused-ring (bicyclic) bond motifs is 1. The summed E-state index contributed by atoms with van der Waals surface area (Å²) in [6.45, 7) is 3.46. The molecule has 3 atom stereocenters. The summed E-state index contributed by atoms with van der Waals surface area (Å²) >= 11 is 6.55. The lowest BCUT2D eigenvalue weighted by Crippen LogP contribution is -2.53. The largest absolute Gasteiger partial charge is 0.459 e. The molecule has 1 fully saturated rings. The number of aromatic amines is 1. The van der Waals surface area contributed by atoms with E-state index in [1.165, 1.54) is 0 Å². The van der Waals surface area contributed by atoms with Crippen molar-refractivity contribution < 1.29 is 19.7 Å². The fraction of sp³-hybridized carbons (Fsp3) is 0.308. The third kappa shape index (κ3) is 4.65. The Labute approximate surface area is 202 Å². The predicted molar refractivity (Wildman–Crippen MR) is 131 cm³/mol. The number of hydrogen-bond donors (Lipinski definition) is 3. The molecule has 2 aromatic heterocycles. The van der Waals surface area contributed by atoms with Gasteiger partial charge in [-0.05, 0) is 31.0 Å². The lowest BCUT2D eigenvalue weighted by atomic mass is 9.91. The van der Waals surface area contributed by atoms with Crippen LogP contribution in [0.2, 0.25) is 5.02 Å². The molecule has 0 bridgehead atoms. The van der Waals surface area contributed by atoms with Gasteiger partial charge in [0, 0.05) is 12.0 Å². The number of nitrogens with zero attached hydrogens (tertiary/aromatic N) is 2. The van der Waals surface area contributed by atoms with E-state index in [0.717, 1.165) is 16.7 Å². The molecule has 176 valence electrons. The molecular formula is C26H26ClN3O4. The molecule has 0 saturated carbocycles. The zero-order chi connectivity index (χ0) is 23.9. The summed E-state index contributed by atoms with van der Waals surface area (Å²) in [6.07, 6.45) is -1.60. The van der Waals surface area contributed by atoms with E-state index < -0.39 is 23.9 Å². The van der Waals surface area contributed by atoms with Crippen molar-refractivity contribution in [2.24, 2.45) is 0 Å². The van der Waals surface area contributed by atoms with Crippen LogP contribution in [0, 0.1) is 0 Å². The number of ether oxygens (including phenoxy) is 2. The van der Waals surface area contributed by atoms with Crippen LogP contribution in [-0.4, -0.2) is 55.7 Å². The normalized spacial score (nSPS) is 21.0. The van der Waals surface area contributed by atoms with Gasteiger partial charge in [0.2, 0.25) is 0 Å². The molecule has 1 unspecified atom stereocenters. The van der Waals surface area contributed by atoms with Gasteiger partial charge < -0.3 is 24.7 Å². The number of rotatable bonds is 5. The van der Waals surface area contributed by atoms with Gasteiger partial charge in [0.15, 0.2) is 5.65 Å². The van der Waals surface area contributed by atoms with E-state index in [1.54, 1.807) is 19.9 Å². The second-order valence-electron chi connectivity index (χ2n) is 9.13. The summed E-state index contributed by atoms with van der Waals surface area (Å²) in [5.74, 6) is 0. The SMILES string of the molecule is CC(C)(O)C1OC[C@H](Oc2nc3nc(-c4ccc(-c5ccccc5)cc4)c(Cl)cc3[nH]2)C[C@@H]1O. The summed E-state index contributed by atoms with van der Waals surface area (Å²) in [4.78, 5) is 12.2. The zero-order valence-corrected chi connectivity index (χ0v) is 19.7. The van der Waals surface area contributed by atoms with E-state index in [-0.39, 0.29) is 12.6 Å². The van der Waals surface area contributed by atoms with E-state index in [9.17, 15) is 10.2 Å². The second-order valence-corrected chi connectivity index (χ2v) is 9.53. The molecule has 1 aliphatic rings. The molecule has 3 N–H and O–H groups in total. The van der Waals surface area contributed by atoms with Crippen LogP contribution >= 0.6 is 11.6 Å². The number of pyridine rings is 1. The third-order valence-electron chi connectivity index (χ3n) is 5.96. The van der Waals surface area contributed by atoms with E-state index in [1.807, 2.05) is 42.5 Å². The lowest BCUT2D eigenvalue weighted by Gasteiger charge is -2.38. The average molecular weight is 480 g/mol. The molecule has 3 heterocycles. The topological polar surface area (TPSA) is 100 Å². The van der Waals surface area contributed by atoms with Gasteiger partial charge in [0.05, 0.1) is 34.5 Å². The molecule has 2 aromatic carbocycles. The molecule has 0 radical (unpaired) electrons. The highest BCUT2D eigenvalue weighted by atomic mass is 35.5. The van der Waals surface area contributed by atoms with Crippen molar-refractivity contribution in [1.82, 2.24) is 15.0 Å². The van der Waals surface area contributed by atoms with Crippen LogP contribution in [0.25, 0.3) is 33.5 Å². The number of imidazole rings is 1. The number of aromatic nitrogens is 3. The van der Waals surface area contributed by atoms with Gasteiger partial charge in [-0.15, -0.1) is 0 Å². The first-order valence-electron chi connectivity index (χ1n) is 11.2. The molecule has 5 rings (SSSR count). The predicted octanol–water partition coefficient (Wildman–Crippen LogP) is 4.61.